The predicted octanol–water partition coefficient (Wildman–Crippen LogP) is 4.55. The van der Waals surface area contributed by atoms with Crippen LogP contribution in [0.4, 0.5) is 0 Å². The molecule has 9 nitrogen and oxygen atoms in total. The molecule has 2 amide bonds. The summed E-state index contributed by atoms with van der Waals surface area (Å²) in [5, 5.41) is 0.763. The lowest BCUT2D eigenvalue weighted by molar-refractivity contribution is -0.135. The fraction of sp³-hybridized carbons (Fsp3) is 0.548. The minimum absolute atomic E-state index is 0.0249. The molecule has 0 saturated carbocycles. The molecule has 2 fully saturated rings. The monoisotopic (exact) mass is 622 g/mol. The average Bonchev–Trinajstić information content (AvgIpc) is 3.01. The van der Waals surface area contributed by atoms with E-state index in [1.165, 1.54) is 0 Å². The third kappa shape index (κ3) is 10.2. The molecule has 0 aliphatic carbocycles. The van der Waals surface area contributed by atoms with Crippen molar-refractivity contribution in [1.29, 1.82) is 0 Å². The molecule has 2 aromatic carbocycles. The van der Waals surface area contributed by atoms with Gasteiger partial charge in [-0.1, -0.05) is 29.3 Å². The Morgan fingerprint density at radius 1 is 0.762 bits per heavy atom. The van der Waals surface area contributed by atoms with Crippen LogP contribution in [0.25, 0.3) is 0 Å². The number of ether oxygens (including phenoxy) is 3. The predicted molar refractivity (Wildman–Crippen MR) is 167 cm³/mol. The second-order valence-corrected chi connectivity index (χ2v) is 11.7. The van der Waals surface area contributed by atoms with E-state index in [0.29, 0.717) is 27.6 Å². The van der Waals surface area contributed by atoms with E-state index >= 15 is 0 Å². The van der Waals surface area contributed by atoms with Gasteiger partial charge in [-0.25, -0.2) is 0 Å². The van der Waals surface area contributed by atoms with Gasteiger partial charge < -0.3 is 33.8 Å². The van der Waals surface area contributed by atoms with Gasteiger partial charge in [-0.15, -0.1) is 0 Å². The van der Waals surface area contributed by atoms with Crippen LogP contribution in [0.2, 0.25) is 10.0 Å². The van der Waals surface area contributed by atoms with Gasteiger partial charge in [0.05, 0.1) is 12.1 Å². The first-order valence-corrected chi connectivity index (χ1v) is 15.1. The van der Waals surface area contributed by atoms with Crippen LogP contribution >= 0.6 is 23.2 Å². The number of nitrogens with zero attached hydrogens (tertiary/aromatic N) is 4. The average molecular weight is 624 g/mol. The van der Waals surface area contributed by atoms with Crippen molar-refractivity contribution in [3.63, 3.8) is 0 Å². The maximum Gasteiger partial charge on any atom is 0.260 e. The Kier molecular flexibility index (Phi) is 13.5. The largest absolute Gasteiger partial charge is 0.497 e. The summed E-state index contributed by atoms with van der Waals surface area (Å²) in [6.45, 7) is 4.17. The number of hydrogen-bond donors (Lipinski definition) is 0. The van der Waals surface area contributed by atoms with Crippen molar-refractivity contribution in [2.75, 3.05) is 74.7 Å². The molecule has 0 aromatic heterocycles. The van der Waals surface area contributed by atoms with Crippen LogP contribution in [-0.4, -0.2) is 118 Å². The highest BCUT2D eigenvalue weighted by atomic mass is 35.5. The Morgan fingerprint density at radius 2 is 1.21 bits per heavy atom. The topological polar surface area (TPSA) is 74.8 Å². The van der Waals surface area contributed by atoms with Crippen molar-refractivity contribution in [3.05, 3.63) is 52.5 Å². The summed E-state index contributed by atoms with van der Waals surface area (Å²) in [6.07, 6.45) is 4.05. The van der Waals surface area contributed by atoms with Gasteiger partial charge in [0.25, 0.3) is 11.8 Å². The number of methoxy groups -OCH3 is 1. The number of carbonyl (C=O) groups excluding carboxylic acids is 2. The third-order valence-electron chi connectivity index (χ3n) is 7.95. The minimum Gasteiger partial charge on any atom is -0.497 e. The van der Waals surface area contributed by atoms with Crippen LogP contribution in [0.5, 0.6) is 17.2 Å². The second-order valence-electron chi connectivity index (χ2n) is 10.9. The summed E-state index contributed by atoms with van der Waals surface area (Å²) in [6, 6.07) is 13.0. The van der Waals surface area contributed by atoms with E-state index in [1.54, 1.807) is 30.2 Å². The number of likely N-dealkylation sites (tertiary alicyclic amines) is 2. The van der Waals surface area contributed by atoms with E-state index in [4.69, 9.17) is 37.4 Å². The van der Waals surface area contributed by atoms with E-state index in [9.17, 15) is 9.59 Å². The summed E-state index contributed by atoms with van der Waals surface area (Å²) in [5.41, 5.74) is 0. The number of hydrogen-bond acceptors (Lipinski definition) is 7. The smallest absolute Gasteiger partial charge is 0.260 e. The first-order valence-electron chi connectivity index (χ1n) is 14.3. The Balaban J connectivity index is 0.000000230. The van der Waals surface area contributed by atoms with Gasteiger partial charge in [-0.2, -0.15) is 0 Å². The zero-order valence-electron chi connectivity index (χ0n) is 25.4. The fourth-order valence-electron chi connectivity index (χ4n) is 4.93. The SMILES string of the molecule is CN1CCC(N(C)C(=O)COc2cccc(Cl)c2Cl)CC1.COc1ccc(OCC(=O)N(C)C2CCN(C)CC2)cc1. The van der Waals surface area contributed by atoms with Crippen molar-refractivity contribution in [1.82, 2.24) is 19.6 Å². The summed E-state index contributed by atoms with van der Waals surface area (Å²) in [5.74, 6) is 1.88. The maximum absolute atomic E-state index is 12.2. The number of likely N-dealkylation sites (N-methyl/N-ethyl adjacent to an activating group) is 2. The zero-order valence-corrected chi connectivity index (χ0v) is 26.9. The Hall–Kier alpha value is -2.72. The summed E-state index contributed by atoms with van der Waals surface area (Å²) in [7, 11) is 9.54. The molecule has 2 aliphatic heterocycles. The van der Waals surface area contributed by atoms with Crippen LogP contribution in [-0.2, 0) is 9.59 Å². The highest BCUT2D eigenvalue weighted by molar-refractivity contribution is 6.42. The Morgan fingerprint density at radius 3 is 1.69 bits per heavy atom. The molecule has 0 atom stereocenters. The fourth-order valence-corrected chi connectivity index (χ4v) is 5.27. The molecule has 0 N–H and O–H groups in total. The zero-order chi connectivity index (χ0) is 30.6. The van der Waals surface area contributed by atoms with Crippen LogP contribution in [0, 0.1) is 0 Å². The lowest BCUT2D eigenvalue weighted by atomic mass is 10.0. The van der Waals surface area contributed by atoms with Gasteiger partial charge in [0.15, 0.2) is 13.2 Å². The van der Waals surface area contributed by atoms with E-state index in [1.807, 2.05) is 43.3 Å². The maximum atomic E-state index is 12.2. The molecule has 2 heterocycles. The number of carbonyl (C=O) groups is 2. The van der Waals surface area contributed by atoms with Gasteiger partial charge in [0.2, 0.25) is 0 Å². The van der Waals surface area contributed by atoms with Crippen molar-refractivity contribution in [3.8, 4) is 17.2 Å². The number of rotatable bonds is 9. The number of halogens is 2. The van der Waals surface area contributed by atoms with Gasteiger partial charge in [0.1, 0.15) is 22.3 Å². The molecule has 2 aromatic rings. The van der Waals surface area contributed by atoms with Crippen molar-refractivity contribution < 1.29 is 23.8 Å². The quantitative estimate of drug-likeness (QED) is 0.406. The first-order chi connectivity index (χ1) is 20.1. The molecule has 0 radical (unpaired) electrons. The number of benzene rings is 2. The number of amides is 2. The summed E-state index contributed by atoms with van der Waals surface area (Å²) >= 11 is 11.9. The molecule has 0 spiro atoms. The third-order valence-corrected chi connectivity index (χ3v) is 8.75. The van der Waals surface area contributed by atoms with Crippen LogP contribution in [0.15, 0.2) is 42.5 Å². The van der Waals surface area contributed by atoms with Crippen molar-refractivity contribution in [2.24, 2.45) is 0 Å². The Bertz CT molecular complexity index is 1140. The second kappa shape index (κ2) is 16.8. The van der Waals surface area contributed by atoms with Gasteiger partial charge in [-0.05, 0) is 102 Å². The highest BCUT2D eigenvalue weighted by Crippen LogP contribution is 2.31. The molecule has 2 aliphatic rings. The molecule has 11 heteroatoms. The van der Waals surface area contributed by atoms with Crippen LogP contribution in [0.1, 0.15) is 25.7 Å². The van der Waals surface area contributed by atoms with E-state index in [2.05, 4.69) is 23.9 Å². The van der Waals surface area contributed by atoms with Gasteiger partial charge >= 0.3 is 0 Å². The molecular weight excluding hydrogens is 579 g/mol. The van der Waals surface area contributed by atoms with Crippen molar-refractivity contribution >= 4 is 35.0 Å². The highest BCUT2D eigenvalue weighted by Gasteiger charge is 2.25. The molecule has 42 heavy (non-hydrogen) atoms. The summed E-state index contributed by atoms with van der Waals surface area (Å²) < 4.78 is 16.1. The molecule has 4 rings (SSSR count). The van der Waals surface area contributed by atoms with Crippen LogP contribution in [0.3, 0.4) is 0 Å². The standard InChI is InChI=1S/C16H24N2O3.C15H20Cl2N2O2/c1-17-10-8-13(9-11-17)18(2)16(19)12-21-15-6-4-14(20-3)5-7-15;1-18-8-6-11(7-9-18)19(2)14(20)10-21-13-5-3-4-12(16)15(13)17/h4-7,13H,8-12H2,1-3H3;3-5,11H,6-10H2,1-2H3. The lowest BCUT2D eigenvalue weighted by Gasteiger charge is -2.35. The lowest BCUT2D eigenvalue weighted by Crippen LogP contribution is -2.45. The molecule has 2 saturated heterocycles. The Labute approximate surface area is 260 Å². The van der Waals surface area contributed by atoms with Gasteiger partial charge in [0, 0.05) is 26.2 Å². The van der Waals surface area contributed by atoms with E-state index < -0.39 is 0 Å². The minimum atomic E-state index is -0.0411. The first kappa shape index (κ1) is 33.8. The van der Waals surface area contributed by atoms with Crippen LogP contribution < -0.4 is 14.2 Å². The van der Waals surface area contributed by atoms with Gasteiger partial charge in [-0.3, -0.25) is 9.59 Å². The molecular formula is C31H44Cl2N4O5. The van der Waals surface area contributed by atoms with E-state index in [-0.39, 0.29) is 31.1 Å². The molecule has 0 unspecified atom stereocenters. The summed E-state index contributed by atoms with van der Waals surface area (Å²) in [4.78, 5) is 32.6. The molecule has 0 bridgehead atoms. The van der Waals surface area contributed by atoms with E-state index in [0.717, 1.165) is 57.6 Å². The van der Waals surface area contributed by atoms with Crippen molar-refractivity contribution in [2.45, 2.75) is 37.8 Å². The normalized spacial score (nSPS) is 16.6. The number of piperidine rings is 2. The molecule has 232 valence electrons.